The molecule has 0 spiro atoms. The van der Waals surface area contributed by atoms with Crippen LogP contribution in [-0.2, 0) is 4.79 Å². The first-order valence-electron chi connectivity index (χ1n) is 8.62. The summed E-state index contributed by atoms with van der Waals surface area (Å²) in [5.41, 5.74) is 0. The minimum absolute atomic E-state index is 0.0274. The first-order chi connectivity index (χ1) is 10.6. The highest BCUT2D eigenvalue weighted by Gasteiger charge is 2.36. The van der Waals surface area contributed by atoms with Crippen LogP contribution in [0.2, 0.25) is 0 Å². The second-order valence-electron chi connectivity index (χ2n) is 6.76. The molecule has 1 aromatic rings. The zero-order chi connectivity index (χ0) is 15.5. The Morgan fingerprint density at radius 3 is 2.55 bits per heavy atom. The topological polar surface area (TPSA) is 45.2 Å². The fourth-order valence-electron chi connectivity index (χ4n) is 3.25. The average molecular weight is 321 g/mol. The predicted molar refractivity (Wildman–Crippen MR) is 90.0 cm³/mol. The van der Waals surface area contributed by atoms with Crippen molar-refractivity contribution < 1.29 is 4.79 Å². The third kappa shape index (κ3) is 3.87. The van der Waals surface area contributed by atoms with Gasteiger partial charge in [-0.2, -0.15) is 0 Å². The van der Waals surface area contributed by atoms with Crippen molar-refractivity contribution in [3.8, 4) is 0 Å². The largest absolute Gasteiger partial charge is 0.345 e. The number of aryl methyl sites for hydroxylation is 1. The molecule has 1 saturated heterocycles. The molecule has 122 valence electrons. The molecule has 2 fully saturated rings. The van der Waals surface area contributed by atoms with Gasteiger partial charge >= 0.3 is 0 Å². The summed E-state index contributed by atoms with van der Waals surface area (Å²) in [4.78, 5) is 20.8. The van der Waals surface area contributed by atoms with Crippen molar-refractivity contribution in [3.05, 3.63) is 16.1 Å². The Kier molecular flexibility index (Phi) is 5.14. The highest BCUT2D eigenvalue weighted by Crippen LogP contribution is 2.42. The fraction of sp³-hybridized carbons (Fsp3) is 0.765. The van der Waals surface area contributed by atoms with Gasteiger partial charge in [-0.1, -0.05) is 12.8 Å². The summed E-state index contributed by atoms with van der Waals surface area (Å²) in [5, 5.41) is 4.37. The lowest BCUT2D eigenvalue weighted by Crippen LogP contribution is -2.46. The second kappa shape index (κ2) is 7.09. The molecule has 22 heavy (non-hydrogen) atoms. The van der Waals surface area contributed by atoms with Gasteiger partial charge in [0, 0.05) is 11.1 Å². The quantitative estimate of drug-likeness (QED) is 0.905. The van der Waals surface area contributed by atoms with Crippen LogP contribution in [0.4, 0.5) is 0 Å². The summed E-state index contributed by atoms with van der Waals surface area (Å²) >= 11 is 1.72. The molecule has 1 N–H and O–H groups in total. The van der Waals surface area contributed by atoms with Gasteiger partial charge in [-0.25, -0.2) is 4.98 Å². The molecule has 5 heteroatoms. The summed E-state index contributed by atoms with van der Waals surface area (Å²) in [6, 6.07) is 0.0982. The standard InChI is InChI=1S/C17H27N3OS/c1-12-11-18-17(22-12)15(14-7-8-14)19-16(21)13(2)20-9-5-3-4-6-10-20/h11,13-15H,3-10H2,1-2H3,(H,19,21)/t13-,15-/m1/s1. The van der Waals surface area contributed by atoms with Gasteiger partial charge in [0.2, 0.25) is 5.91 Å². The number of thiazole rings is 1. The second-order valence-corrected chi connectivity index (χ2v) is 8.03. The van der Waals surface area contributed by atoms with Gasteiger partial charge in [-0.05, 0) is 58.5 Å². The SMILES string of the molecule is Cc1cnc([C@H](NC(=O)[C@@H](C)N2CCCCCC2)C2CC2)s1. The first-order valence-corrected chi connectivity index (χ1v) is 9.43. The highest BCUT2D eigenvalue weighted by molar-refractivity contribution is 7.11. The van der Waals surface area contributed by atoms with Crippen molar-refractivity contribution in [1.82, 2.24) is 15.2 Å². The zero-order valence-electron chi connectivity index (χ0n) is 13.7. The third-order valence-electron chi connectivity index (χ3n) is 4.86. The number of hydrogen-bond acceptors (Lipinski definition) is 4. The summed E-state index contributed by atoms with van der Waals surface area (Å²) in [5.74, 6) is 0.762. The molecule has 1 aliphatic carbocycles. The zero-order valence-corrected chi connectivity index (χ0v) is 14.5. The molecule has 0 unspecified atom stereocenters. The van der Waals surface area contributed by atoms with E-state index in [4.69, 9.17) is 0 Å². The van der Waals surface area contributed by atoms with E-state index in [1.807, 2.05) is 6.20 Å². The first kappa shape index (κ1) is 15.9. The molecule has 2 atom stereocenters. The van der Waals surface area contributed by atoms with Gasteiger partial charge in [0.25, 0.3) is 0 Å². The Labute approximate surface area is 137 Å². The highest BCUT2D eigenvalue weighted by atomic mass is 32.1. The number of carbonyl (C=O) groups is 1. The van der Waals surface area contributed by atoms with Gasteiger partial charge in [0.05, 0.1) is 12.1 Å². The van der Waals surface area contributed by atoms with Crippen molar-refractivity contribution in [2.45, 2.75) is 64.5 Å². The number of aromatic nitrogens is 1. The Hall–Kier alpha value is -0.940. The smallest absolute Gasteiger partial charge is 0.237 e. The molecule has 1 aromatic heterocycles. The van der Waals surface area contributed by atoms with Gasteiger partial charge < -0.3 is 5.32 Å². The molecule has 2 heterocycles. The van der Waals surface area contributed by atoms with Crippen LogP contribution in [0.25, 0.3) is 0 Å². The number of rotatable bonds is 5. The van der Waals surface area contributed by atoms with Gasteiger partial charge in [-0.3, -0.25) is 9.69 Å². The van der Waals surface area contributed by atoms with Crippen molar-refractivity contribution in [2.24, 2.45) is 5.92 Å². The van der Waals surface area contributed by atoms with E-state index in [9.17, 15) is 4.79 Å². The molecule has 1 aliphatic heterocycles. The maximum Gasteiger partial charge on any atom is 0.237 e. The molecule has 2 aliphatic rings. The minimum Gasteiger partial charge on any atom is -0.345 e. The Balaban J connectivity index is 1.63. The van der Waals surface area contributed by atoms with Crippen molar-refractivity contribution in [1.29, 1.82) is 0 Å². The van der Waals surface area contributed by atoms with Gasteiger partial charge in [0.15, 0.2) is 0 Å². The molecular weight excluding hydrogens is 294 g/mol. The lowest BCUT2D eigenvalue weighted by atomic mass is 10.1. The van der Waals surface area contributed by atoms with Crippen LogP contribution in [0.5, 0.6) is 0 Å². The van der Waals surface area contributed by atoms with E-state index in [1.165, 1.54) is 43.4 Å². The Bertz CT molecular complexity index is 504. The maximum absolute atomic E-state index is 12.7. The lowest BCUT2D eigenvalue weighted by molar-refractivity contribution is -0.126. The van der Waals surface area contributed by atoms with Crippen molar-refractivity contribution >= 4 is 17.2 Å². The normalized spacial score (nSPS) is 22.8. The minimum atomic E-state index is -0.0274. The molecule has 4 nitrogen and oxygen atoms in total. The Morgan fingerprint density at radius 2 is 2.00 bits per heavy atom. The molecule has 0 bridgehead atoms. The van der Waals surface area contributed by atoms with Crippen LogP contribution in [0.1, 0.15) is 61.4 Å². The van der Waals surface area contributed by atoms with Crippen LogP contribution >= 0.6 is 11.3 Å². The van der Waals surface area contributed by atoms with Crippen LogP contribution in [0.3, 0.4) is 0 Å². The number of likely N-dealkylation sites (tertiary alicyclic amines) is 1. The monoisotopic (exact) mass is 321 g/mol. The number of nitrogens with one attached hydrogen (secondary N) is 1. The maximum atomic E-state index is 12.7. The summed E-state index contributed by atoms with van der Waals surface area (Å²) in [6.07, 6.45) is 9.37. The van der Waals surface area contributed by atoms with Crippen molar-refractivity contribution in [2.75, 3.05) is 13.1 Å². The molecular formula is C17H27N3OS. The summed E-state index contributed by atoms with van der Waals surface area (Å²) < 4.78 is 0. The van der Waals surface area contributed by atoms with Crippen LogP contribution in [-0.4, -0.2) is 34.9 Å². The molecule has 1 saturated carbocycles. The molecule has 3 rings (SSSR count). The average Bonchev–Trinajstić information content (AvgIpc) is 3.30. The predicted octanol–water partition coefficient (Wildman–Crippen LogP) is 3.28. The van der Waals surface area contributed by atoms with Crippen LogP contribution < -0.4 is 5.32 Å². The number of amides is 1. The van der Waals surface area contributed by atoms with Crippen LogP contribution in [0, 0.1) is 12.8 Å². The number of hydrogen-bond donors (Lipinski definition) is 1. The summed E-state index contributed by atoms with van der Waals surface area (Å²) in [6.45, 7) is 6.24. The van der Waals surface area contributed by atoms with E-state index in [0.29, 0.717) is 5.92 Å². The molecule has 0 aromatic carbocycles. The fourth-order valence-corrected chi connectivity index (χ4v) is 4.17. The van der Waals surface area contributed by atoms with E-state index in [0.717, 1.165) is 18.1 Å². The lowest BCUT2D eigenvalue weighted by Gasteiger charge is -2.28. The van der Waals surface area contributed by atoms with E-state index >= 15 is 0 Å². The molecule has 1 amide bonds. The van der Waals surface area contributed by atoms with Gasteiger partial charge in [-0.15, -0.1) is 11.3 Å². The van der Waals surface area contributed by atoms with Gasteiger partial charge in [0.1, 0.15) is 5.01 Å². The Morgan fingerprint density at radius 1 is 1.32 bits per heavy atom. The number of nitrogens with zero attached hydrogens (tertiary/aromatic N) is 2. The number of carbonyl (C=O) groups excluding carboxylic acids is 1. The van der Waals surface area contributed by atoms with E-state index in [2.05, 4.69) is 29.0 Å². The van der Waals surface area contributed by atoms with E-state index < -0.39 is 0 Å². The molecule has 0 radical (unpaired) electrons. The van der Waals surface area contributed by atoms with Crippen LogP contribution in [0.15, 0.2) is 6.20 Å². The van der Waals surface area contributed by atoms with E-state index in [-0.39, 0.29) is 18.0 Å². The van der Waals surface area contributed by atoms with Crippen molar-refractivity contribution in [3.63, 3.8) is 0 Å². The third-order valence-corrected chi connectivity index (χ3v) is 5.86. The summed E-state index contributed by atoms with van der Waals surface area (Å²) in [7, 11) is 0. The van der Waals surface area contributed by atoms with E-state index in [1.54, 1.807) is 11.3 Å².